The number of alkyl carbamates (subject to hydrolysis) is 1. The number of ether oxygens (including phenoxy) is 3. The van der Waals surface area contributed by atoms with E-state index in [-0.39, 0.29) is 6.07 Å². The van der Waals surface area contributed by atoms with Gasteiger partial charge in [0.05, 0.1) is 6.54 Å². The van der Waals surface area contributed by atoms with Crippen LogP contribution in [-0.2, 0) is 14.3 Å². The van der Waals surface area contributed by atoms with Crippen LogP contribution in [0.3, 0.4) is 0 Å². The predicted octanol–water partition coefficient (Wildman–Crippen LogP) is 3.37. The quantitative estimate of drug-likeness (QED) is 0.589. The number of hydrogen-bond donors (Lipinski definition) is 1. The van der Waals surface area contributed by atoms with Gasteiger partial charge in [0, 0.05) is 19.8 Å². The summed E-state index contributed by atoms with van der Waals surface area (Å²) in [5, 5.41) is 2.10. The van der Waals surface area contributed by atoms with Gasteiger partial charge in [0.2, 0.25) is 11.6 Å². The Balaban J connectivity index is 0.00000153. The Morgan fingerprint density at radius 3 is 1.96 bits per heavy atom. The van der Waals surface area contributed by atoms with Crippen LogP contribution in [0.25, 0.3) is 0 Å². The summed E-state index contributed by atoms with van der Waals surface area (Å²) in [6.07, 6.45) is -0.875. The molecule has 0 heterocycles. The van der Waals surface area contributed by atoms with Gasteiger partial charge in [-0.25, -0.2) is 13.6 Å². The van der Waals surface area contributed by atoms with Crippen molar-refractivity contribution in [2.45, 2.75) is 33.3 Å². The van der Waals surface area contributed by atoms with Gasteiger partial charge in [-0.2, -0.15) is 8.78 Å². The largest absolute Gasteiger partial charge is 0.479 e. The van der Waals surface area contributed by atoms with Crippen molar-refractivity contribution < 1.29 is 41.4 Å². The van der Waals surface area contributed by atoms with E-state index in [1.807, 2.05) is 6.92 Å². The zero-order chi connectivity index (χ0) is 21.2. The van der Waals surface area contributed by atoms with Gasteiger partial charge in [-0.3, -0.25) is 4.79 Å². The minimum Gasteiger partial charge on any atom is -0.479 e. The topological polar surface area (TPSA) is 73.9 Å². The number of ketones is 1. The van der Waals surface area contributed by atoms with Gasteiger partial charge < -0.3 is 19.5 Å². The fourth-order valence-electron chi connectivity index (χ4n) is 1.37. The lowest BCUT2D eigenvalue weighted by Crippen LogP contribution is -2.36. The first-order chi connectivity index (χ1) is 12.4. The van der Waals surface area contributed by atoms with Gasteiger partial charge in [-0.1, -0.05) is 0 Å². The number of benzene rings is 1. The molecule has 1 rings (SSSR count). The van der Waals surface area contributed by atoms with E-state index in [1.165, 1.54) is 0 Å². The number of Topliss-reactive ketones (excluding diaryl/α,β-unsaturated/α-hetero) is 1. The lowest BCUT2D eigenvalue weighted by molar-refractivity contribution is -0.120. The smallest absolute Gasteiger partial charge is 0.408 e. The van der Waals surface area contributed by atoms with E-state index in [2.05, 4.69) is 14.8 Å². The number of methoxy groups -OCH3 is 1. The molecular formula is C17H23F4NO5. The van der Waals surface area contributed by atoms with Gasteiger partial charge in [-0.15, -0.1) is 0 Å². The summed E-state index contributed by atoms with van der Waals surface area (Å²) in [6.45, 7) is 6.17. The highest BCUT2D eigenvalue weighted by Gasteiger charge is 2.22. The number of carbonyl (C=O) groups is 2. The molecule has 0 atom stereocenters. The molecule has 0 aliphatic heterocycles. The van der Waals surface area contributed by atoms with E-state index in [0.29, 0.717) is 0 Å². The molecule has 0 unspecified atom stereocenters. The average molecular weight is 397 g/mol. The highest BCUT2D eigenvalue weighted by Crippen LogP contribution is 2.26. The number of nitrogens with one attached hydrogen (secondary N) is 1. The van der Waals surface area contributed by atoms with Crippen molar-refractivity contribution in [1.29, 1.82) is 0 Å². The van der Waals surface area contributed by atoms with E-state index in [1.54, 1.807) is 27.9 Å². The number of halogens is 4. The van der Waals surface area contributed by atoms with Crippen molar-refractivity contribution in [3.05, 3.63) is 29.3 Å². The Kier molecular flexibility index (Phi) is 10.4. The summed E-state index contributed by atoms with van der Waals surface area (Å²) in [5.74, 6) is -8.95. The van der Waals surface area contributed by atoms with Crippen LogP contribution in [0, 0.1) is 23.3 Å². The average Bonchev–Trinajstić information content (AvgIpc) is 2.57. The van der Waals surface area contributed by atoms with Gasteiger partial charge in [-0.05, 0) is 27.7 Å². The second-order valence-corrected chi connectivity index (χ2v) is 6.06. The van der Waals surface area contributed by atoms with Gasteiger partial charge in [0.1, 0.15) is 12.2 Å². The van der Waals surface area contributed by atoms with Crippen LogP contribution in [0.2, 0.25) is 0 Å². The molecule has 154 valence electrons. The van der Waals surface area contributed by atoms with Crippen molar-refractivity contribution in [3.8, 4) is 5.75 Å². The summed E-state index contributed by atoms with van der Waals surface area (Å²) in [4.78, 5) is 22.7. The molecule has 0 fully saturated rings. The molecular weight excluding hydrogens is 374 g/mol. The standard InChI is InChI=1S/C14H15F4NO4.C3H8O/c1-14(2,3)23-13(21)19-5-7(20)6-22-12-10(17)8(15)4-9(16)11(12)18;1-3-4-2/h4H,5-6H2,1-3H3,(H,19,21);3H2,1-2H3. The van der Waals surface area contributed by atoms with Gasteiger partial charge in [0.25, 0.3) is 0 Å². The van der Waals surface area contributed by atoms with Crippen LogP contribution in [0.4, 0.5) is 22.4 Å². The third-order valence-corrected chi connectivity index (χ3v) is 2.57. The number of rotatable bonds is 6. The van der Waals surface area contributed by atoms with Crippen molar-refractivity contribution in [3.63, 3.8) is 0 Å². The van der Waals surface area contributed by atoms with Crippen molar-refractivity contribution in [1.82, 2.24) is 5.32 Å². The molecule has 0 saturated carbocycles. The Morgan fingerprint density at radius 1 is 1.07 bits per heavy atom. The van der Waals surface area contributed by atoms with E-state index < -0.39 is 59.6 Å². The molecule has 1 amide bonds. The minimum atomic E-state index is -1.75. The van der Waals surface area contributed by atoms with Crippen LogP contribution in [0.15, 0.2) is 6.07 Å². The zero-order valence-corrected chi connectivity index (χ0v) is 15.8. The van der Waals surface area contributed by atoms with Crippen LogP contribution in [0.1, 0.15) is 27.7 Å². The molecule has 1 aromatic carbocycles. The first kappa shape index (κ1) is 24.6. The molecule has 27 heavy (non-hydrogen) atoms. The Labute approximate surface area is 154 Å². The fraction of sp³-hybridized carbons (Fsp3) is 0.529. The summed E-state index contributed by atoms with van der Waals surface area (Å²) in [5.41, 5.74) is -0.769. The maximum absolute atomic E-state index is 13.3. The second kappa shape index (κ2) is 11.4. The molecule has 1 aromatic rings. The number of amides is 1. The molecule has 1 N–H and O–H groups in total. The third kappa shape index (κ3) is 9.78. The van der Waals surface area contributed by atoms with Crippen LogP contribution in [-0.4, -0.2) is 44.3 Å². The molecule has 0 aromatic heterocycles. The van der Waals surface area contributed by atoms with Gasteiger partial charge >= 0.3 is 6.09 Å². The summed E-state index contributed by atoms with van der Waals surface area (Å²) >= 11 is 0. The van der Waals surface area contributed by atoms with Crippen LogP contribution < -0.4 is 10.1 Å². The molecule has 10 heteroatoms. The van der Waals surface area contributed by atoms with E-state index in [4.69, 9.17) is 4.74 Å². The highest BCUT2D eigenvalue weighted by molar-refractivity contribution is 5.85. The molecule has 0 radical (unpaired) electrons. The number of carbonyl (C=O) groups excluding carboxylic acids is 2. The molecule has 0 spiro atoms. The highest BCUT2D eigenvalue weighted by atomic mass is 19.2. The van der Waals surface area contributed by atoms with Crippen LogP contribution >= 0.6 is 0 Å². The summed E-state index contributed by atoms with van der Waals surface area (Å²) < 4.78 is 66.3. The van der Waals surface area contributed by atoms with Crippen molar-refractivity contribution >= 4 is 11.9 Å². The van der Waals surface area contributed by atoms with E-state index in [9.17, 15) is 27.2 Å². The monoisotopic (exact) mass is 397 g/mol. The van der Waals surface area contributed by atoms with Crippen molar-refractivity contribution in [2.75, 3.05) is 26.9 Å². The Morgan fingerprint density at radius 2 is 1.56 bits per heavy atom. The molecule has 0 aliphatic carbocycles. The molecule has 0 saturated heterocycles. The zero-order valence-electron chi connectivity index (χ0n) is 15.8. The third-order valence-electron chi connectivity index (χ3n) is 2.57. The van der Waals surface area contributed by atoms with Gasteiger partial charge in [0.15, 0.2) is 23.2 Å². The number of hydrogen-bond acceptors (Lipinski definition) is 5. The first-order valence-electron chi connectivity index (χ1n) is 7.86. The predicted molar refractivity (Wildman–Crippen MR) is 88.6 cm³/mol. The summed E-state index contributed by atoms with van der Waals surface area (Å²) in [6, 6.07) is 0.0173. The Hall–Kier alpha value is -2.36. The maximum Gasteiger partial charge on any atom is 0.408 e. The lowest BCUT2D eigenvalue weighted by Gasteiger charge is -2.19. The molecule has 0 aliphatic rings. The Bertz CT molecular complexity index is 619. The second-order valence-electron chi connectivity index (χ2n) is 6.06. The maximum atomic E-state index is 13.3. The van der Waals surface area contributed by atoms with E-state index in [0.717, 1.165) is 6.61 Å². The van der Waals surface area contributed by atoms with Crippen molar-refractivity contribution in [2.24, 2.45) is 0 Å². The van der Waals surface area contributed by atoms with Crippen LogP contribution in [0.5, 0.6) is 5.75 Å². The lowest BCUT2D eigenvalue weighted by atomic mass is 10.2. The normalized spacial score (nSPS) is 10.6. The summed E-state index contributed by atoms with van der Waals surface area (Å²) in [7, 11) is 1.68. The fourth-order valence-corrected chi connectivity index (χ4v) is 1.37. The molecule has 6 nitrogen and oxygen atoms in total. The minimum absolute atomic E-state index is 0.0173. The SMILES string of the molecule is CC(C)(C)OC(=O)NCC(=O)COc1c(F)c(F)cc(F)c1F.CCOC. The molecule has 0 bridgehead atoms. The van der Waals surface area contributed by atoms with E-state index >= 15 is 0 Å². The first-order valence-corrected chi connectivity index (χ1v) is 7.86.